The van der Waals surface area contributed by atoms with Crippen LogP contribution in [0.15, 0.2) is 24.3 Å². The summed E-state index contributed by atoms with van der Waals surface area (Å²) in [5.74, 6) is 1.74. The summed E-state index contributed by atoms with van der Waals surface area (Å²) in [6, 6.07) is 6.21. The van der Waals surface area contributed by atoms with E-state index in [-0.39, 0.29) is 11.4 Å². The predicted molar refractivity (Wildman–Crippen MR) is 78.9 cm³/mol. The maximum atomic E-state index is 11.0. The molecule has 21 heavy (non-hydrogen) atoms. The van der Waals surface area contributed by atoms with Crippen molar-refractivity contribution in [3.63, 3.8) is 0 Å². The fourth-order valence-corrected chi connectivity index (χ4v) is 1.84. The van der Waals surface area contributed by atoms with E-state index in [4.69, 9.17) is 4.74 Å². The Bertz CT molecular complexity index is 673. The Morgan fingerprint density at radius 1 is 1.33 bits per heavy atom. The molecular weight excluding hydrogens is 272 g/mol. The van der Waals surface area contributed by atoms with Gasteiger partial charge >= 0.3 is 5.69 Å². The van der Waals surface area contributed by atoms with Crippen LogP contribution in [0.4, 0.5) is 11.5 Å². The van der Waals surface area contributed by atoms with Gasteiger partial charge in [0.25, 0.3) is 0 Å². The van der Waals surface area contributed by atoms with Gasteiger partial charge in [0, 0.05) is 19.5 Å². The summed E-state index contributed by atoms with van der Waals surface area (Å²) in [5, 5.41) is 14.0. The number of anilines is 1. The fraction of sp³-hybridized carbons (Fsp3) is 0.286. The molecule has 0 aliphatic carbocycles. The Labute approximate surface area is 122 Å². The van der Waals surface area contributed by atoms with E-state index in [1.807, 2.05) is 6.92 Å². The smallest absolute Gasteiger partial charge is 0.311 e. The molecular formula is C14H16N4O3. The minimum absolute atomic E-state index is 0.0976. The molecule has 0 unspecified atom stereocenters. The van der Waals surface area contributed by atoms with Crippen molar-refractivity contribution in [1.82, 2.24) is 9.97 Å². The second kappa shape index (κ2) is 6.17. The molecule has 1 N–H and O–H groups in total. The van der Waals surface area contributed by atoms with E-state index in [1.54, 1.807) is 32.2 Å². The quantitative estimate of drug-likeness (QED) is 0.671. The van der Waals surface area contributed by atoms with Crippen LogP contribution in [0, 0.1) is 17.0 Å². The zero-order valence-corrected chi connectivity index (χ0v) is 12.1. The lowest BCUT2D eigenvalue weighted by molar-refractivity contribution is -0.385. The van der Waals surface area contributed by atoms with Gasteiger partial charge in [-0.3, -0.25) is 10.1 Å². The topological polar surface area (TPSA) is 90.2 Å². The summed E-state index contributed by atoms with van der Waals surface area (Å²) in [6.07, 6.45) is 0.641. The van der Waals surface area contributed by atoms with Gasteiger partial charge in [0.05, 0.1) is 10.5 Å². The molecule has 1 aromatic heterocycles. The van der Waals surface area contributed by atoms with Crippen LogP contribution in [0.5, 0.6) is 11.6 Å². The number of nitrogens with one attached hydrogen (secondary N) is 1. The molecule has 0 atom stereocenters. The van der Waals surface area contributed by atoms with E-state index in [0.717, 1.165) is 0 Å². The van der Waals surface area contributed by atoms with E-state index in [2.05, 4.69) is 15.3 Å². The molecule has 2 rings (SSSR count). The monoisotopic (exact) mass is 288 g/mol. The summed E-state index contributed by atoms with van der Waals surface area (Å²) < 4.78 is 5.65. The lowest BCUT2D eigenvalue weighted by Gasteiger charge is -2.12. The van der Waals surface area contributed by atoms with Crippen molar-refractivity contribution >= 4 is 11.5 Å². The number of nitro benzene ring substituents is 1. The first-order chi connectivity index (χ1) is 10.1. The molecule has 0 amide bonds. The van der Waals surface area contributed by atoms with Crippen LogP contribution in [0.2, 0.25) is 0 Å². The summed E-state index contributed by atoms with van der Waals surface area (Å²) in [5.41, 5.74) is 0.604. The molecule has 0 fully saturated rings. The minimum Gasteiger partial charge on any atom is -0.431 e. The number of ether oxygens (including phenoxy) is 1. The van der Waals surface area contributed by atoms with E-state index < -0.39 is 4.92 Å². The summed E-state index contributed by atoms with van der Waals surface area (Å²) >= 11 is 0. The van der Waals surface area contributed by atoms with E-state index in [9.17, 15) is 10.1 Å². The molecule has 0 aliphatic heterocycles. The van der Waals surface area contributed by atoms with Crippen LogP contribution >= 0.6 is 0 Å². The van der Waals surface area contributed by atoms with Crippen molar-refractivity contribution < 1.29 is 9.66 Å². The molecule has 0 aliphatic rings. The number of rotatable bonds is 5. The number of para-hydroxylation sites is 2. The van der Waals surface area contributed by atoms with Gasteiger partial charge in [0.2, 0.25) is 11.6 Å². The molecule has 110 valence electrons. The molecule has 7 heteroatoms. The molecule has 0 bridgehead atoms. The van der Waals surface area contributed by atoms with Crippen molar-refractivity contribution in [2.45, 2.75) is 20.3 Å². The van der Waals surface area contributed by atoms with Gasteiger partial charge in [-0.15, -0.1) is 0 Å². The molecule has 7 nitrogen and oxygen atoms in total. The van der Waals surface area contributed by atoms with Crippen LogP contribution in [0.1, 0.15) is 18.3 Å². The maximum absolute atomic E-state index is 11.0. The lowest BCUT2D eigenvalue weighted by Crippen LogP contribution is -2.05. The van der Waals surface area contributed by atoms with Crippen LogP contribution in [0.3, 0.4) is 0 Å². The highest BCUT2D eigenvalue weighted by Crippen LogP contribution is 2.32. The third-order valence-corrected chi connectivity index (χ3v) is 2.97. The number of nitrogens with zero attached hydrogens (tertiary/aromatic N) is 3. The van der Waals surface area contributed by atoms with Crippen LogP contribution in [-0.2, 0) is 6.42 Å². The lowest BCUT2D eigenvalue weighted by atomic mass is 10.3. The van der Waals surface area contributed by atoms with E-state index in [1.165, 1.54) is 6.07 Å². The molecule has 1 aromatic carbocycles. The van der Waals surface area contributed by atoms with Gasteiger partial charge in [-0.1, -0.05) is 19.1 Å². The second-order valence-corrected chi connectivity index (χ2v) is 4.35. The number of benzene rings is 1. The Morgan fingerprint density at radius 2 is 2.05 bits per heavy atom. The zero-order valence-electron chi connectivity index (χ0n) is 12.1. The Balaban J connectivity index is 2.47. The molecule has 0 saturated heterocycles. The average Bonchev–Trinajstić information content (AvgIpc) is 2.49. The average molecular weight is 288 g/mol. The van der Waals surface area contributed by atoms with Crippen LogP contribution in [-0.4, -0.2) is 21.9 Å². The predicted octanol–water partition coefficient (Wildman–Crippen LogP) is 3.09. The van der Waals surface area contributed by atoms with Gasteiger partial charge < -0.3 is 10.1 Å². The van der Waals surface area contributed by atoms with Crippen molar-refractivity contribution in [3.05, 3.63) is 45.8 Å². The van der Waals surface area contributed by atoms with Crippen molar-refractivity contribution in [2.24, 2.45) is 0 Å². The fourth-order valence-electron chi connectivity index (χ4n) is 1.84. The molecule has 0 saturated carbocycles. The highest BCUT2D eigenvalue weighted by Gasteiger charge is 2.18. The summed E-state index contributed by atoms with van der Waals surface area (Å²) in [7, 11) is 1.75. The number of nitro groups is 1. The van der Waals surface area contributed by atoms with Crippen molar-refractivity contribution in [2.75, 3.05) is 12.4 Å². The standard InChI is InChI=1S/C14H16N4O3/c1-4-12-16-13(15-3)9(2)14(17-12)21-11-8-6-5-7-10(11)18(19)20/h5-8H,4H2,1-3H3,(H,15,16,17). The highest BCUT2D eigenvalue weighted by molar-refractivity contribution is 5.52. The van der Waals surface area contributed by atoms with Gasteiger partial charge in [-0.2, -0.15) is 4.98 Å². The summed E-state index contributed by atoms with van der Waals surface area (Å²) in [4.78, 5) is 19.2. The summed E-state index contributed by atoms with van der Waals surface area (Å²) in [6.45, 7) is 3.73. The van der Waals surface area contributed by atoms with E-state index in [0.29, 0.717) is 29.5 Å². The number of aryl methyl sites for hydroxylation is 1. The maximum Gasteiger partial charge on any atom is 0.311 e. The van der Waals surface area contributed by atoms with Crippen molar-refractivity contribution in [3.8, 4) is 11.6 Å². The first-order valence-electron chi connectivity index (χ1n) is 6.53. The minimum atomic E-state index is -0.481. The SMILES string of the molecule is CCc1nc(NC)c(C)c(Oc2ccccc2[N+](=O)[O-])n1. The molecule has 0 radical (unpaired) electrons. The first-order valence-corrected chi connectivity index (χ1v) is 6.53. The zero-order chi connectivity index (χ0) is 15.4. The van der Waals surface area contributed by atoms with Gasteiger partial charge in [-0.05, 0) is 13.0 Å². The molecule has 2 aromatic rings. The largest absolute Gasteiger partial charge is 0.431 e. The Morgan fingerprint density at radius 3 is 2.67 bits per heavy atom. The molecule has 0 spiro atoms. The van der Waals surface area contributed by atoms with Crippen molar-refractivity contribution in [1.29, 1.82) is 0 Å². The van der Waals surface area contributed by atoms with Gasteiger partial charge in [-0.25, -0.2) is 4.98 Å². The third kappa shape index (κ3) is 3.07. The second-order valence-electron chi connectivity index (χ2n) is 4.35. The number of hydrogen-bond acceptors (Lipinski definition) is 6. The van der Waals surface area contributed by atoms with Gasteiger partial charge in [0.15, 0.2) is 0 Å². The Hall–Kier alpha value is -2.70. The van der Waals surface area contributed by atoms with E-state index >= 15 is 0 Å². The highest BCUT2D eigenvalue weighted by atomic mass is 16.6. The normalized spacial score (nSPS) is 10.2. The number of aromatic nitrogens is 2. The molecule has 1 heterocycles. The van der Waals surface area contributed by atoms with Crippen LogP contribution < -0.4 is 10.1 Å². The first kappa shape index (κ1) is 14.7. The number of hydrogen-bond donors (Lipinski definition) is 1. The Kier molecular flexibility index (Phi) is 4.32. The third-order valence-electron chi connectivity index (χ3n) is 2.97. The van der Waals surface area contributed by atoms with Gasteiger partial charge in [0.1, 0.15) is 11.6 Å². The van der Waals surface area contributed by atoms with Crippen LogP contribution in [0.25, 0.3) is 0 Å².